The fourth-order valence-electron chi connectivity index (χ4n) is 3.37. The predicted molar refractivity (Wildman–Crippen MR) is 106 cm³/mol. The Labute approximate surface area is 165 Å². The number of benzene rings is 1. The molecule has 0 aliphatic carbocycles. The molecule has 3 rings (SSSR count). The van der Waals surface area contributed by atoms with Gasteiger partial charge in [-0.2, -0.15) is 0 Å². The minimum atomic E-state index is -0.463. The average molecular weight is 385 g/mol. The van der Waals surface area contributed by atoms with Gasteiger partial charge in [-0.05, 0) is 61.8 Å². The lowest BCUT2D eigenvalue weighted by Crippen LogP contribution is -2.49. The molecule has 1 amide bonds. The summed E-state index contributed by atoms with van der Waals surface area (Å²) in [6.07, 6.45) is 3.22. The van der Waals surface area contributed by atoms with Gasteiger partial charge in [0.25, 0.3) is 0 Å². The smallest absolute Gasteiger partial charge is 0.228 e. The zero-order chi connectivity index (χ0) is 19.8. The fourth-order valence-corrected chi connectivity index (χ4v) is 3.37. The van der Waals surface area contributed by atoms with Crippen LogP contribution in [0.2, 0.25) is 0 Å². The molecular weight excluding hydrogens is 358 g/mol. The summed E-state index contributed by atoms with van der Waals surface area (Å²) in [5, 5.41) is 6.35. The molecule has 2 heterocycles. The molecule has 1 aromatic carbocycles. The van der Waals surface area contributed by atoms with E-state index in [1.165, 1.54) is 0 Å². The lowest BCUT2D eigenvalue weighted by molar-refractivity contribution is -0.136. The number of piperidine rings is 1. The number of hydrogen-bond donors (Lipinski definition) is 2. The summed E-state index contributed by atoms with van der Waals surface area (Å²) in [5.74, 6) is 1.94. The number of rotatable bonds is 8. The molecule has 1 fully saturated rings. The molecule has 0 bridgehead atoms. The maximum atomic E-state index is 12.8. The number of methoxy groups -OCH3 is 2. The van der Waals surface area contributed by atoms with Gasteiger partial charge in [-0.3, -0.25) is 4.79 Å². The molecular formula is C21H27N3O4. The van der Waals surface area contributed by atoms with Gasteiger partial charge < -0.3 is 24.8 Å². The Kier molecular flexibility index (Phi) is 6.84. The van der Waals surface area contributed by atoms with Gasteiger partial charge in [-0.25, -0.2) is 4.98 Å². The lowest BCUT2D eigenvalue weighted by atomic mass is 9.78. The molecule has 0 radical (unpaired) electrons. The number of nitrogens with zero attached hydrogens (tertiary/aromatic N) is 1. The molecule has 0 unspecified atom stereocenters. The van der Waals surface area contributed by atoms with Crippen molar-refractivity contribution in [2.24, 2.45) is 5.41 Å². The molecule has 0 atom stereocenters. The zero-order valence-electron chi connectivity index (χ0n) is 16.4. The molecule has 150 valence electrons. The van der Waals surface area contributed by atoms with Crippen LogP contribution < -0.4 is 20.1 Å². The fraction of sp³-hybridized carbons (Fsp3) is 0.429. The van der Waals surface area contributed by atoms with Crippen molar-refractivity contribution in [1.29, 1.82) is 0 Å². The molecule has 0 spiro atoms. The quantitative estimate of drug-likeness (QED) is 0.727. The summed E-state index contributed by atoms with van der Waals surface area (Å²) >= 11 is 0. The first-order chi connectivity index (χ1) is 13.6. The van der Waals surface area contributed by atoms with Gasteiger partial charge in [-0.15, -0.1) is 0 Å². The standard InChI is InChI=1S/C21H27N3O4/c1-26-15-21(8-11-22-12-9-21)20(25)24-14-16-7-10-23-19(13-16)28-18-5-3-17(27-2)4-6-18/h3-7,10,13,22H,8-9,11-12,14-15H2,1-2H3,(H,24,25). The Bertz CT molecular complexity index is 768. The van der Waals surface area contributed by atoms with Crippen LogP contribution in [0, 0.1) is 5.41 Å². The molecule has 1 aromatic heterocycles. The monoisotopic (exact) mass is 385 g/mol. The third kappa shape index (κ3) is 4.99. The van der Waals surface area contributed by atoms with E-state index in [9.17, 15) is 4.79 Å². The van der Waals surface area contributed by atoms with Crippen LogP contribution in [0.4, 0.5) is 0 Å². The third-order valence-corrected chi connectivity index (χ3v) is 5.00. The van der Waals surface area contributed by atoms with Gasteiger partial charge in [0.15, 0.2) is 0 Å². The second-order valence-electron chi connectivity index (χ2n) is 6.93. The average Bonchev–Trinajstić information content (AvgIpc) is 2.74. The number of pyridine rings is 1. The third-order valence-electron chi connectivity index (χ3n) is 5.00. The predicted octanol–water partition coefficient (Wildman–Crippen LogP) is 2.51. The highest BCUT2D eigenvalue weighted by molar-refractivity contribution is 5.83. The van der Waals surface area contributed by atoms with E-state index in [0.29, 0.717) is 24.8 Å². The summed E-state index contributed by atoms with van der Waals surface area (Å²) in [6.45, 7) is 2.50. The van der Waals surface area contributed by atoms with Crippen molar-refractivity contribution in [3.8, 4) is 17.4 Å². The Morgan fingerprint density at radius 3 is 2.54 bits per heavy atom. The van der Waals surface area contributed by atoms with Crippen molar-refractivity contribution in [1.82, 2.24) is 15.6 Å². The summed E-state index contributed by atoms with van der Waals surface area (Å²) < 4.78 is 16.3. The van der Waals surface area contributed by atoms with E-state index in [1.54, 1.807) is 20.4 Å². The van der Waals surface area contributed by atoms with E-state index in [2.05, 4.69) is 15.6 Å². The minimum absolute atomic E-state index is 0.0327. The van der Waals surface area contributed by atoms with E-state index in [1.807, 2.05) is 36.4 Å². The maximum absolute atomic E-state index is 12.8. The number of aromatic nitrogens is 1. The van der Waals surface area contributed by atoms with Gasteiger partial charge in [0.2, 0.25) is 11.8 Å². The zero-order valence-corrected chi connectivity index (χ0v) is 16.4. The maximum Gasteiger partial charge on any atom is 0.228 e. The number of ether oxygens (including phenoxy) is 3. The molecule has 7 nitrogen and oxygen atoms in total. The van der Waals surface area contributed by atoms with Crippen molar-refractivity contribution < 1.29 is 19.0 Å². The normalized spacial score (nSPS) is 15.6. The summed E-state index contributed by atoms with van der Waals surface area (Å²) in [5.41, 5.74) is 0.462. The Hall–Kier alpha value is -2.64. The van der Waals surface area contributed by atoms with Crippen LogP contribution in [0.5, 0.6) is 17.4 Å². The van der Waals surface area contributed by atoms with Crippen LogP contribution in [-0.4, -0.2) is 44.8 Å². The molecule has 1 aliphatic rings. The Morgan fingerprint density at radius 2 is 1.86 bits per heavy atom. The van der Waals surface area contributed by atoms with E-state index in [-0.39, 0.29) is 5.91 Å². The largest absolute Gasteiger partial charge is 0.497 e. The van der Waals surface area contributed by atoms with Crippen molar-refractivity contribution in [2.75, 3.05) is 33.9 Å². The molecule has 2 aromatic rings. The first-order valence-electron chi connectivity index (χ1n) is 9.40. The van der Waals surface area contributed by atoms with Crippen LogP contribution >= 0.6 is 0 Å². The van der Waals surface area contributed by atoms with Gasteiger partial charge in [0.05, 0.1) is 19.1 Å². The van der Waals surface area contributed by atoms with E-state index < -0.39 is 5.41 Å². The van der Waals surface area contributed by atoms with E-state index in [0.717, 1.165) is 37.2 Å². The summed E-state index contributed by atoms with van der Waals surface area (Å²) in [4.78, 5) is 17.1. The Morgan fingerprint density at radius 1 is 1.14 bits per heavy atom. The van der Waals surface area contributed by atoms with Gasteiger partial charge >= 0.3 is 0 Å². The highest BCUT2D eigenvalue weighted by Crippen LogP contribution is 2.29. The molecule has 1 aliphatic heterocycles. The highest BCUT2D eigenvalue weighted by atomic mass is 16.5. The van der Waals surface area contributed by atoms with Crippen molar-refractivity contribution in [3.63, 3.8) is 0 Å². The van der Waals surface area contributed by atoms with Crippen LogP contribution in [0.25, 0.3) is 0 Å². The molecule has 0 saturated carbocycles. The van der Waals surface area contributed by atoms with Crippen molar-refractivity contribution in [3.05, 3.63) is 48.2 Å². The van der Waals surface area contributed by atoms with Crippen LogP contribution in [0.15, 0.2) is 42.6 Å². The second-order valence-corrected chi connectivity index (χ2v) is 6.93. The first-order valence-corrected chi connectivity index (χ1v) is 9.40. The molecule has 7 heteroatoms. The van der Waals surface area contributed by atoms with Crippen LogP contribution in [0.1, 0.15) is 18.4 Å². The number of nitrogens with one attached hydrogen (secondary N) is 2. The highest BCUT2D eigenvalue weighted by Gasteiger charge is 2.39. The molecule has 2 N–H and O–H groups in total. The van der Waals surface area contributed by atoms with Crippen molar-refractivity contribution in [2.45, 2.75) is 19.4 Å². The first kappa shape index (κ1) is 20.1. The number of carbonyl (C=O) groups is 1. The molecule has 1 saturated heterocycles. The number of amides is 1. The summed E-state index contributed by atoms with van der Waals surface area (Å²) in [7, 11) is 3.26. The second kappa shape index (κ2) is 9.52. The SMILES string of the molecule is COCC1(C(=O)NCc2ccnc(Oc3ccc(OC)cc3)c2)CCNCC1. The Balaban J connectivity index is 1.61. The molecule has 28 heavy (non-hydrogen) atoms. The van der Waals surface area contributed by atoms with E-state index >= 15 is 0 Å². The lowest BCUT2D eigenvalue weighted by Gasteiger charge is -2.35. The number of carbonyl (C=O) groups excluding carboxylic acids is 1. The van der Waals surface area contributed by atoms with Crippen molar-refractivity contribution >= 4 is 5.91 Å². The van der Waals surface area contributed by atoms with Gasteiger partial charge in [0.1, 0.15) is 11.5 Å². The van der Waals surface area contributed by atoms with E-state index in [4.69, 9.17) is 14.2 Å². The summed E-state index contributed by atoms with van der Waals surface area (Å²) in [6, 6.07) is 11.0. The number of hydrogen-bond acceptors (Lipinski definition) is 6. The van der Waals surface area contributed by atoms with Crippen LogP contribution in [-0.2, 0) is 16.1 Å². The van der Waals surface area contributed by atoms with Gasteiger partial charge in [-0.1, -0.05) is 0 Å². The van der Waals surface area contributed by atoms with Gasteiger partial charge in [0, 0.05) is 25.9 Å². The topological polar surface area (TPSA) is 81.7 Å². The minimum Gasteiger partial charge on any atom is -0.497 e. The van der Waals surface area contributed by atoms with Crippen LogP contribution in [0.3, 0.4) is 0 Å².